The minimum absolute atomic E-state index is 0.0831. The second-order valence-corrected chi connectivity index (χ2v) is 6.02. The fraction of sp³-hybridized carbons (Fsp3) is 0.733. The normalized spacial score (nSPS) is 17.8. The third kappa shape index (κ3) is 5.69. The minimum Gasteiger partial charge on any atom is -0.352 e. The van der Waals surface area contributed by atoms with E-state index in [1.165, 1.54) is 0 Å². The molecule has 0 unspecified atom stereocenters. The summed E-state index contributed by atoms with van der Waals surface area (Å²) in [6.45, 7) is 6.46. The van der Waals surface area contributed by atoms with Gasteiger partial charge in [0, 0.05) is 25.7 Å². The van der Waals surface area contributed by atoms with Crippen molar-refractivity contribution in [2.45, 2.75) is 39.8 Å². The second kappa shape index (κ2) is 7.65. The maximum Gasteiger partial charge on any atom is 0.471 e. The lowest BCUT2D eigenvalue weighted by molar-refractivity contribution is -0.186. The van der Waals surface area contributed by atoms with Crippen LogP contribution >= 0.6 is 0 Å². The average Bonchev–Trinajstić information content (AvgIpc) is 2.43. The highest BCUT2D eigenvalue weighted by molar-refractivity contribution is 5.88. The van der Waals surface area contributed by atoms with Crippen molar-refractivity contribution in [3.63, 3.8) is 0 Å². The van der Waals surface area contributed by atoms with Crippen LogP contribution in [0.3, 0.4) is 0 Å². The Morgan fingerprint density at radius 2 is 1.82 bits per heavy atom. The molecule has 0 aromatic rings. The van der Waals surface area contributed by atoms with E-state index in [1.54, 1.807) is 6.08 Å². The Morgan fingerprint density at radius 3 is 2.27 bits per heavy atom. The summed E-state index contributed by atoms with van der Waals surface area (Å²) in [6.07, 6.45) is -2.32. The molecule has 1 fully saturated rings. The van der Waals surface area contributed by atoms with Gasteiger partial charge >= 0.3 is 12.1 Å². The van der Waals surface area contributed by atoms with Crippen LogP contribution in [0, 0.1) is 11.8 Å². The molecule has 0 aromatic heterocycles. The van der Waals surface area contributed by atoms with Gasteiger partial charge in [0.05, 0.1) is 0 Å². The Labute approximate surface area is 128 Å². The predicted octanol–water partition coefficient (Wildman–Crippen LogP) is 2.51. The molecule has 2 amide bonds. The highest BCUT2D eigenvalue weighted by Crippen LogP contribution is 2.23. The van der Waals surface area contributed by atoms with Crippen molar-refractivity contribution >= 4 is 11.8 Å². The fourth-order valence-corrected chi connectivity index (χ4v) is 2.19. The molecule has 22 heavy (non-hydrogen) atoms. The van der Waals surface area contributed by atoms with Gasteiger partial charge in [-0.1, -0.05) is 19.4 Å². The fourth-order valence-electron chi connectivity index (χ4n) is 2.19. The van der Waals surface area contributed by atoms with E-state index in [2.05, 4.69) is 5.32 Å². The number of nitrogens with zero attached hydrogens (tertiary/aromatic N) is 1. The van der Waals surface area contributed by atoms with Crippen LogP contribution in [-0.4, -0.2) is 42.5 Å². The Balaban J connectivity index is 2.36. The van der Waals surface area contributed by atoms with E-state index in [0.717, 1.165) is 10.5 Å². The topological polar surface area (TPSA) is 49.4 Å². The van der Waals surface area contributed by atoms with Crippen molar-refractivity contribution in [1.29, 1.82) is 0 Å². The maximum absolute atomic E-state index is 12.3. The molecule has 1 heterocycles. The third-order valence-electron chi connectivity index (χ3n) is 3.98. The van der Waals surface area contributed by atoms with Crippen molar-refractivity contribution in [2.24, 2.45) is 11.8 Å². The van der Waals surface area contributed by atoms with Crippen molar-refractivity contribution in [3.8, 4) is 0 Å². The van der Waals surface area contributed by atoms with Crippen LogP contribution < -0.4 is 5.32 Å². The number of alkyl halides is 3. The Kier molecular flexibility index (Phi) is 6.44. The Hall–Kier alpha value is -1.53. The van der Waals surface area contributed by atoms with Crippen LogP contribution in [0.1, 0.15) is 33.6 Å². The van der Waals surface area contributed by atoms with Crippen LogP contribution in [0.5, 0.6) is 0 Å². The SMILES string of the molecule is C/C(=C\C(=O)NCC1CCN(C(=O)C(F)(F)F)CC1)C(C)C. The molecule has 0 aliphatic carbocycles. The van der Waals surface area contributed by atoms with Gasteiger partial charge in [0.1, 0.15) is 0 Å². The van der Waals surface area contributed by atoms with Gasteiger partial charge in [-0.2, -0.15) is 13.2 Å². The predicted molar refractivity (Wildman–Crippen MR) is 77.0 cm³/mol. The molecule has 7 heteroatoms. The molecule has 1 N–H and O–H groups in total. The summed E-state index contributed by atoms with van der Waals surface area (Å²) in [4.78, 5) is 23.6. The van der Waals surface area contributed by atoms with Crippen LogP contribution in [0.15, 0.2) is 11.6 Å². The summed E-state index contributed by atoms with van der Waals surface area (Å²) in [5.41, 5.74) is 0.975. The minimum atomic E-state index is -4.81. The summed E-state index contributed by atoms with van der Waals surface area (Å²) in [6, 6.07) is 0. The van der Waals surface area contributed by atoms with E-state index in [1.807, 2.05) is 20.8 Å². The number of carbonyl (C=O) groups excluding carboxylic acids is 2. The summed E-state index contributed by atoms with van der Waals surface area (Å²) >= 11 is 0. The molecule has 0 spiro atoms. The zero-order valence-electron chi connectivity index (χ0n) is 13.2. The van der Waals surface area contributed by atoms with Gasteiger partial charge in [-0.3, -0.25) is 9.59 Å². The lowest BCUT2D eigenvalue weighted by atomic mass is 9.96. The highest BCUT2D eigenvalue weighted by Gasteiger charge is 2.43. The lowest BCUT2D eigenvalue weighted by Gasteiger charge is -2.32. The quantitative estimate of drug-likeness (QED) is 0.809. The number of hydrogen-bond acceptors (Lipinski definition) is 2. The van der Waals surface area contributed by atoms with Crippen LogP contribution in [0.4, 0.5) is 13.2 Å². The number of halogens is 3. The molecule has 0 atom stereocenters. The van der Waals surface area contributed by atoms with E-state index < -0.39 is 12.1 Å². The summed E-state index contributed by atoms with van der Waals surface area (Å²) in [5.74, 6) is -1.55. The number of carbonyl (C=O) groups is 2. The molecule has 0 saturated carbocycles. The number of hydrogen-bond donors (Lipinski definition) is 1. The van der Waals surface area contributed by atoms with Crippen LogP contribution in [-0.2, 0) is 9.59 Å². The van der Waals surface area contributed by atoms with Gasteiger partial charge < -0.3 is 10.2 Å². The standard InChI is InChI=1S/C15H23F3N2O2/c1-10(2)11(3)8-13(21)19-9-12-4-6-20(7-5-12)14(22)15(16,17)18/h8,10,12H,4-7,9H2,1-3H3,(H,19,21)/b11-8+. The number of likely N-dealkylation sites (tertiary alicyclic amines) is 1. The molecule has 1 saturated heterocycles. The first-order valence-corrected chi connectivity index (χ1v) is 7.43. The monoisotopic (exact) mass is 320 g/mol. The first-order chi connectivity index (χ1) is 10.1. The second-order valence-electron chi connectivity index (χ2n) is 6.02. The summed E-state index contributed by atoms with van der Waals surface area (Å²) in [7, 11) is 0. The highest BCUT2D eigenvalue weighted by atomic mass is 19.4. The third-order valence-corrected chi connectivity index (χ3v) is 3.98. The first-order valence-electron chi connectivity index (χ1n) is 7.43. The molecule has 126 valence electrons. The van der Waals surface area contributed by atoms with Gasteiger partial charge in [-0.15, -0.1) is 0 Å². The maximum atomic E-state index is 12.3. The molecule has 0 bridgehead atoms. The van der Waals surface area contributed by atoms with Crippen LogP contribution in [0.2, 0.25) is 0 Å². The first kappa shape index (κ1) is 18.5. The molecule has 1 aliphatic rings. The van der Waals surface area contributed by atoms with E-state index in [4.69, 9.17) is 0 Å². The number of piperidine rings is 1. The number of allylic oxidation sites excluding steroid dienone is 1. The van der Waals surface area contributed by atoms with E-state index in [0.29, 0.717) is 25.3 Å². The molecule has 1 aliphatic heterocycles. The Bertz CT molecular complexity index is 437. The van der Waals surface area contributed by atoms with E-state index in [9.17, 15) is 22.8 Å². The van der Waals surface area contributed by atoms with Gasteiger partial charge in [0.25, 0.3) is 0 Å². The van der Waals surface area contributed by atoms with Gasteiger partial charge in [0.2, 0.25) is 5.91 Å². The largest absolute Gasteiger partial charge is 0.471 e. The van der Waals surface area contributed by atoms with Crippen molar-refractivity contribution < 1.29 is 22.8 Å². The molecule has 0 radical (unpaired) electrons. The van der Waals surface area contributed by atoms with Crippen molar-refractivity contribution in [3.05, 3.63) is 11.6 Å². The van der Waals surface area contributed by atoms with Crippen molar-refractivity contribution in [2.75, 3.05) is 19.6 Å². The zero-order valence-corrected chi connectivity index (χ0v) is 13.2. The average molecular weight is 320 g/mol. The molecule has 4 nitrogen and oxygen atoms in total. The lowest BCUT2D eigenvalue weighted by Crippen LogP contribution is -2.46. The molecular weight excluding hydrogens is 297 g/mol. The van der Waals surface area contributed by atoms with Gasteiger partial charge in [-0.25, -0.2) is 0 Å². The van der Waals surface area contributed by atoms with Gasteiger partial charge in [0.15, 0.2) is 0 Å². The van der Waals surface area contributed by atoms with Gasteiger partial charge in [-0.05, 0) is 31.6 Å². The number of amides is 2. The molecule has 1 rings (SSSR count). The van der Waals surface area contributed by atoms with E-state index in [-0.39, 0.29) is 24.9 Å². The van der Waals surface area contributed by atoms with Crippen molar-refractivity contribution in [1.82, 2.24) is 10.2 Å². The molecule has 0 aromatic carbocycles. The zero-order chi connectivity index (χ0) is 16.9. The van der Waals surface area contributed by atoms with Crippen LogP contribution in [0.25, 0.3) is 0 Å². The smallest absolute Gasteiger partial charge is 0.352 e. The Morgan fingerprint density at radius 1 is 1.27 bits per heavy atom. The van der Waals surface area contributed by atoms with E-state index >= 15 is 0 Å². The molecular formula is C15H23F3N2O2. The number of nitrogens with one attached hydrogen (secondary N) is 1. The summed E-state index contributed by atoms with van der Waals surface area (Å²) in [5, 5.41) is 2.77. The number of rotatable bonds is 4. The summed E-state index contributed by atoms with van der Waals surface area (Å²) < 4.78 is 37.0.